The summed E-state index contributed by atoms with van der Waals surface area (Å²) in [5, 5.41) is 9.44. The molecule has 0 unspecified atom stereocenters. The topological polar surface area (TPSA) is 81.3 Å². The number of methoxy groups -OCH3 is 1. The molecule has 0 saturated carbocycles. The zero-order valence-corrected chi connectivity index (χ0v) is 13.4. The van der Waals surface area contributed by atoms with Crippen LogP contribution in [0.25, 0.3) is 10.9 Å². The Morgan fingerprint density at radius 3 is 2.72 bits per heavy atom. The summed E-state index contributed by atoms with van der Waals surface area (Å²) in [6, 6.07) is 15.0. The number of fused-ring (bicyclic) bond motifs is 1. The van der Waals surface area contributed by atoms with E-state index in [0.717, 1.165) is 0 Å². The second kappa shape index (κ2) is 6.89. The Morgan fingerprint density at radius 2 is 1.96 bits per heavy atom. The number of benzene rings is 2. The standard InChI is InChI=1S/C19H14N2O4/c1-24-18-10-13(11-20)6-7-17(18)25-19(23)12-21-9-8-16(22)14-4-2-3-5-15(14)21/h2-10H,12H2,1H3. The second-order valence-electron chi connectivity index (χ2n) is 5.28. The van der Waals surface area contributed by atoms with Gasteiger partial charge in [-0.05, 0) is 24.3 Å². The van der Waals surface area contributed by atoms with Crippen LogP contribution in [0.3, 0.4) is 0 Å². The summed E-state index contributed by atoms with van der Waals surface area (Å²) in [7, 11) is 1.43. The van der Waals surface area contributed by atoms with E-state index in [0.29, 0.717) is 22.2 Å². The first kappa shape index (κ1) is 16.3. The van der Waals surface area contributed by atoms with Gasteiger partial charge in [0, 0.05) is 23.7 Å². The molecule has 25 heavy (non-hydrogen) atoms. The predicted octanol–water partition coefficient (Wildman–Crippen LogP) is 2.49. The number of hydrogen-bond acceptors (Lipinski definition) is 5. The molecular formula is C19H14N2O4. The summed E-state index contributed by atoms with van der Waals surface area (Å²) >= 11 is 0. The molecule has 0 fully saturated rings. The molecule has 1 heterocycles. The monoisotopic (exact) mass is 334 g/mol. The Hall–Kier alpha value is -3.59. The Kier molecular flexibility index (Phi) is 4.48. The molecular weight excluding hydrogens is 320 g/mol. The number of para-hydroxylation sites is 1. The second-order valence-corrected chi connectivity index (χ2v) is 5.28. The van der Waals surface area contributed by atoms with Gasteiger partial charge in [-0.1, -0.05) is 12.1 Å². The van der Waals surface area contributed by atoms with Crippen LogP contribution in [0.2, 0.25) is 0 Å². The molecule has 6 heteroatoms. The van der Waals surface area contributed by atoms with E-state index in [2.05, 4.69) is 0 Å². The molecule has 0 N–H and O–H groups in total. The summed E-state index contributed by atoms with van der Waals surface area (Å²) in [6.07, 6.45) is 1.56. The molecule has 3 aromatic rings. The lowest BCUT2D eigenvalue weighted by atomic mass is 10.2. The zero-order valence-electron chi connectivity index (χ0n) is 13.4. The molecule has 0 radical (unpaired) electrons. The quantitative estimate of drug-likeness (QED) is 0.541. The minimum atomic E-state index is -0.517. The molecule has 0 aliphatic heterocycles. The fourth-order valence-electron chi connectivity index (χ4n) is 2.51. The van der Waals surface area contributed by atoms with E-state index in [1.165, 1.54) is 25.3 Å². The summed E-state index contributed by atoms with van der Waals surface area (Å²) < 4.78 is 12.1. The number of hydrogen-bond donors (Lipinski definition) is 0. The fraction of sp³-hybridized carbons (Fsp3) is 0.105. The average Bonchev–Trinajstić information content (AvgIpc) is 2.64. The van der Waals surface area contributed by atoms with Gasteiger partial charge < -0.3 is 14.0 Å². The molecule has 0 aliphatic carbocycles. The number of carbonyl (C=O) groups is 1. The molecule has 3 rings (SSSR count). The van der Waals surface area contributed by atoms with E-state index in [1.54, 1.807) is 41.1 Å². The van der Waals surface area contributed by atoms with Crippen molar-refractivity contribution in [1.29, 1.82) is 5.26 Å². The van der Waals surface area contributed by atoms with Crippen LogP contribution >= 0.6 is 0 Å². The maximum Gasteiger partial charge on any atom is 0.331 e. The third-order valence-electron chi connectivity index (χ3n) is 3.70. The van der Waals surface area contributed by atoms with Gasteiger partial charge in [0.1, 0.15) is 6.54 Å². The lowest BCUT2D eigenvalue weighted by Crippen LogP contribution is -2.18. The first-order valence-corrected chi connectivity index (χ1v) is 7.49. The van der Waals surface area contributed by atoms with Crippen LogP contribution in [0.1, 0.15) is 5.56 Å². The highest BCUT2D eigenvalue weighted by Gasteiger charge is 2.12. The van der Waals surface area contributed by atoms with Crippen LogP contribution in [-0.4, -0.2) is 17.6 Å². The molecule has 0 saturated heterocycles. The van der Waals surface area contributed by atoms with Crippen molar-refractivity contribution in [3.8, 4) is 17.6 Å². The van der Waals surface area contributed by atoms with Gasteiger partial charge in [0.25, 0.3) is 0 Å². The van der Waals surface area contributed by atoms with Crippen molar-refractivity contribution in [3.05, 3.63) is 70.5 Å². The van der Waals surface area contributed by atoms with Gasteiger partial charge in [-0.25, -0.2) is 4.79 Å². The molecule has 2 aromatic carbocycles. The summed E-state index contributed by atoms with van der Waals surface area (Å²) in [6.45, 7) is -0.0655. The Morgan fingerprint density at radius 1 is 1.16 bits per heavy atom. The number of pyridine rings is 1. The summed E-state index contributed by atoms with van der Waals surface area (Å²) in [4.78, 5) is 24.2. The normalized spacial score (nSPS) is 10.2. The van der Waals surface area contributed by atoms with Crippen LogP contribution in [-0.2, 0) is 11.3 Å². The van der Waals surface area contributed by atoms with Gasteiger partial charge in [0.2, 0.25) is 0 Å². The highest BCUT2D eigenvalue weighted by Crippen LogP contribution is 2.28. The van der Waals surface area contributed by atoms with Crippen molar-refractivity contribution in [3.63, 3.8) is 0 Å². The predicted molar refractivity (Wildman–Crippen MR) is 91.6 cm³/mol. The van der Waals surface area contributed by atoms with E-state index in [1.807, 2.05) is 6.07 Å². The summed E-state index contributed by atoms with van der Waals surface area (Å²) in [5.41, 5.74) is 0.954. The van der Waals surface area contributed by atoms with E-state index < -0.39 is 5.97 Å². The van der Waals surface area contributed by atoms with E-state index >= 15 is 0 Å². The van der Waals surface area contributed by atoms with Crippen molar-refractivity contribution in [2.45, 2.75) is 6.54 Å². The van der Waals surface area contributed by atoms with Crippen molar-refractivity contribution in [1.82, 2.24) is 4.57 Å². The molecule has 0 atom stereocenters. The third kappa shape index (κ3) is 3.35. The molecule has 0 bridgehead atoms. The third-order valence-corrected chi connectivity index (χ3v) is 3.70. The number of esters is 1. The maximum atomic E-state index is 12.3. The molecule has 0 spiro atoms. The van der Waals surface area contributed by atoms with Crippen molar-refractivity contribution < 1.29 is 14.3 Å². The highest BCUT2D eigenvalue weighted by atomic mass is 16.6. The Labute approximate surface area is 143 Å². The van der Waals surface area contributed by atoms with Crippen LogP contribution in [0.4, 0.5) is 0 Å². The molecule has 1 aromatic heterocycles. The van der Waals surface area contributed by atoms with Crippen LogP contribution in [0, 0.1) is 11.3 Å². The smallest absolute Gasteiger partial charge is 0.331 e. The first-order valence-electron chi connectivity index (χ1n) is 7.49. The van der Waals surface area contributed by atoms with Crippen molar-refractivity contribution in [2.75, 3.05) is 7.11 Å². The fourth-order valence-corrected chi connectivity index (χ4v) is 2.51. The van der Waals surface area contributed by atoms with Gasteiger partial charge >= 0.3 is 5.97 Å². The minimum Gasteiger partial charge on any atom is -0.493 e. The first-order chi connectivity index (χ1) is 12.1. The largest absolute Gasteiger partial charge is 0.493 e. The number of aromatic nitrogens is 1. The van der Waals surface area contributed by atoms with E-state index in [-0.39, 0.29) is 17.7 Å². The Bertz CT molecular complexity index is 1050. The number of ether oxygens (including phenoxy) is 2. The van der Waals surface area contributed by atoms with Crippen molar-refractivity contribution >= 4 is 16.9 Å². The molecule has 124 valence electrons. The van der Waals surface area contributed by atoms with Gasteiger partial charge in [-0.2, -0.15) is 5.26 Å². The molecule has 0 amide bonds. The van der Waals surface area contributed by atoms with Gasteiger partial charge in [0.05, 0.1) is 24.3 Å². The maximum absolute atomic E-state index is 12.3. The SMILES string of the molecule is COc1cc(C#N)ccc1OC(=O)Cn1ccc(=O)c2ccccc21. The van der Waals surface area contributed by atoms with Crippen LogP contribution < -0.4 is 14.9 Å². The molecule has 6 nitrogen and oxygen atoms in total. The van der Waals surface area contributed by atoms with Gasteiger partial charge in [-0.3, -0.25) is 4.79 Å². The molecule has 0 aliphatic rings. The van der Waals surface area contributed by atoms with Crippen molar-refractivity contribution in [2.24, 2.45) is 0 Å². The minimum absolute atomic E-state index is 0.0655. The number of nitrogens with zero attached hydrogens (tertiary/aromatic N) is 2. The van der Waals surface area contributed by atoms with Gasteiger partial charge in [0.15, 0.2) is 16.9 Å². The van der Waals surface area contributed by atoms with Crippen LogP contribution in [0.5, 0.6) is 11.5 Å². The number of nitriles is 1. The summed E-state index contributed by atoms with van der Waals surface area (Å²) in [5.74, 6) is 0.0193. The Balaban J connectivity index is 1.86. The van der Waals surface area contributed by atoms with Gasteiger partial charge in [-0.15, -0.1) is 0 Å². The van der Waals surface area contributed by atoms with E-state index in [9.17, 15) is 9.59 Å². The zero-order chi connectivity index (χ0) is 17.8. The average molecular weight is 334 g/mol. The lowest BCUT2D eigenvalue weighted by molar-refractivity contribution is -0.135. The lowest BCUT2D eigenvalue weighted by Gasteiger charge is -2.12. The number of rotatable bonds is 4. The van der Waals surface area contributed by atoms with E-state index in [4.69, 9.17) is 14.7 Å². The number of carbonyl (C=O) groups excluding carboxylic acids is 1. The highest BCUT2D eigenvalue weighted by molar-refractivity contribution is 5.81. The van der Waals surface area contributed by atoms with Crippen LogP contribution in [0.15, 0.2) is 59.5 Å².